The van der Waals surface area contributed by atoms with E-state index in [2.05, 4.69) is 20.8 Å². The summed E-state index contributed by atoms with van der Waals surface area (Å²) in [5.41, 5.74) is 0.445. The summed E-state index contributed by atoms with van der Waals surface area (Å²) in [5, 5.41) is 9.65. The molecule has 0 heterocycles. The Labute approximate surface area is 154 Å². The summed E-state index contributed by atoms with van der Waals surface area (Å²) in [6, 6.07) is 0. The van der Waals surface area contributed by atoms with Gasteiger partial charge in [0.1, 0.15) is 0 Å². The standard InChI is InChI=1S/C23H48O/c1-4-7-10-12-14-16-19-23(21-22-24,18-9-6-3)20-17-15-13-11-8-5-2/h24H,4-22H2,1-3H3. The lowest BCUT2D eigenvalue weighted by atomic mass is 9.72. The molecule has 0 aromatic carbocycles. The van der Waals surface area contributed by atoms with Crippen LogP contribution in [0.25, 0.3) is 0 Å². The molecule has 0 saturated heterocycles. The van der Waals surface area contributed by atoms with Gasteiger partial charge >= 0.3 is 0 Å². The van der Waals surface area contributed by atoms with Gasteiger partial charge in [0.15, 0.2) is 0 Å². The van der Waals surface area contributed by atoms with Gasteiger partial charge in [0, 0.05) is 6.61 Å². The third-order valence-corrected chi connectivity index (χ3v) is 5.82. The molecular weight excluding hydrogens is 292 g/mol. The zero-order chi connectivity index (χ0) is 17.9. The molecule has 146 valence electrons. The zero-order valence-corrected chi connectivity index (χ0v) is 17.4. The largest absolute Gasteiger partial charge is 0.396 e. The lowest BCUT2D eigenvalue weighted by Gasteiger charge is -2.34. The fourth-order valence-electron chi connectivity index (χ4n) is 4.10. The molecule has 0 amide bonds. The Balaban J connectivity index is 4.23. The van der Waals surface area contributed by atoms with Crippen LogP contribution in [0.2, 0.25) is 0 Å². The Morgan fingerprint density at radius 3 is 1.25 bits per heavy atom. The molecule has 1 heteroatoms. The van der Waals surface area contributed by atoms with Crippen LogP contribution in [0.1, 0.15) is 136 Å². The fraction of sp³-hybridized carbons (Fsp3) is 1.00. The van der Waals surface area contributed by atoms with E-state index in [0.717, 1.165) is 6.42 Å². The Bertz CT molecular complexity index is 220. The Hall–Kier alpha value is -0.0400. The van der Waals surface area contributed by atoms with Gasteiger partial charge in [-0.05, 0) is 31.1 Å². The van der Waals surface area contributed by atoms with Crippen molar-refractivity contribution in [3.8, 4) is 0 Å². The van der Waals surface area contributed by atoms with Crippen molar-refractivity contribution in [1.82, 2.24) is 0 Å². The van der Waals surface area contributed by atoms with Crippen molar-refractivity contribution in [2.75, 3.05) is 6.61 Å². The number of hydrogen-bond acceptors (Lipinski definition) is 1. The second kappa shape index (κ2) is 17.8. The van der Waals surface area contributed by atoms with Crippen molar-refractivity contribution in [2.24, 2.45) is 5.41 Å². The highest BCUT2D eigenvalue weighted by atomic mass is 16.3. The van der Waals surface area contributed by atoms with Crippen LogP contribution in [-0.4, -0.2) is 11.7 Å². The predicted molar refractivity (Wildman–Crippen MR) is 110 cm³/mol. The molecule has 0 rings (SSSR count). The van der Waals surface area contributed by atoms with Gasteiger partial charge in [-0.25, -0.2) is 0 Å². The van der Waals surface area contributed by atoms with E-state index in [4.69, 9.17) is 0 Å². The second-order valence-corrected chi connectivity index (χ2v) is 8.11. The van der Waals surface area contributed by atoms with Gasteiger partial charge in [-0.2, -0.15) is 0 Å². The van der Waals surface area contributed by atoms with E-state index in [9.17, 15) is 5.11 Å². The topological polar surface area (TPSA) is 20.2 Å². The van der Waals surface area contributed by atoms with Gasteiger partial charge < -0.3 is 5.11 Å². The molecule has 0 unspecified atom stereocenters. The summed E-state index contributed by atoms with van der Waals surface area (Å²) in [7, 11) is 0. The van der Waals surface area contributed by atoms with Crippen molar-refractivity contribution in [2.45, 2.75) is 136 Å². The normalized spacial score (nSPS) is 12.0. The number of rotatable bonds is 19. The van der Waals surface area contributed by atoms with Crippen molar-refractivity contribution >= 4 is 0 Å². The lowest BCUT2D eigenvalue weighted by molar-refractivity contribution is 0.133. The van der Waals surface area contributed by atoms with Gasteiger partial charge in [-0.15, -0.1) is 0 Å². The number of aliphatic hydroxyl groups is 1. The first-order valence-corrected chi connectivity index (χ1v) is 11.4. The van der Waals surface area contributed by atoms with Crippen molar-refractivity contribution in [3.63, 3.8) is 0 Å². The maximum Gasteiger partial charge on any atom is 0.0436 e. The highest BCUT2D eigenvalue weighted by Crippen LogP contribution is 2.40. The van der Waals surface area contributed by atoms with E-state index in [1.807, 2.05) is 0 Å². The van der Waals surface area contributed by atoms with Crippen molar-refractivity contribution in [1.29, 1.82) is 0 Å². The van der Waals surface area contributed by atoms with Crippen LogP contribution in [-0.2, 0) is 0 Å². The van der Waals surface area contributed by atoms with E-state index >= 15 is 0 Å². The number of hydrogen-bond donors (Lipinski definition) is 1. The van der Waals surface area contributed by atoms with E-state index in [1.165, 1.54) is 109 Å². The molecule has 1 nitrogen and oxygen atoms in total. The molecule has 0 fully saturated rings. The SMILES string of the molecule is CCCCCCCCC(CCO)(CCCC)CCCCCCCC. The average Bonchev–Trinajstić information content (AvgIpc) is 2.59. The molecule has 1 N–H and O–H groups in total. The summed E-state index contributed by atoms with van der Waals surface area (Å²) < 4.78 is 0. The van der Waals surface area contributed by atoms with Crippen LogP contribution >= 0.6 is 0 Å². The Morgan fingerprint density at radius 1 is 0.458 bits per heavy atom. The van der Waals surface area contributed by atoms with E-state index in [1.54, 1.807) is 0 Å². The fourth-order valence-corrected chi connectivity index (χ4v) is 4.10. The third-order valence-electron chi connectivity index (χ3n) is 5.82. The first-order chi connectivity index (χ1) is 11.7. The maximum atomic E-state index is 9.65. The molecule has 0 atom stereocenters. The number of unbranched alkanes of at least 4 members (excludes halogenated alkanes) is 11. The molecule has 0 aliphatic heterocycles. The maximum absolute atomic E-state index is 9.65. The first kappa shape index (κ1) is 24.0. The monoisotopic (exact) mass is 340 g/mol. The molecule has 0 aromatic heterocycles. The highest BCUT2D eigenvalue weighted by molar-refractivity contribution is 4.79. The van der Waals surface area contributed by atoms with Crippen LogP contribution < -0.4 is 0 Å². The summed E-state index contributed by atoms with van der Waals surface area (Å²) >= 11 is 0. The van der Waals surface area contributed by atoms with Crippen LogP contribution in [0, 0.1) is 5.41 Å². The molecule has 0 bridgehead atoms. The van der Waals surface area contributed by atoms with Gasteiger partial charge in [0.05, 0.1) is 0 Å². The van der Waals surface area contributed by atoms with Crippen LogP contribution in [0.5, 0.6) is 0 Å². The summed E-state index contributed by atoms with van der Waals surface area (Å²) in [6.07, 6.45) is 24.4. The van der Waals surface area contributed by atoms with Crippen molar-refractivity contribution < 1.29 is 5.11 Å². The Kier molecular flexibility index (Phi) is 17.7. The minimum atomic E-state index is 0.384. The van der Waals surface area contributed by atoms with Gasteiger partial charge in [-0.3, -0.25) is 0 Å². The average molecular weight is 341 g/mol. The number of aliphatic hydroxyl groups excluding tert-OH is 1. The van der Waals surface area contributed by atoms with Crippen LogP contribution in [0.15, 0.2) is 0 Å². The Morgan fingerprint density at radius 2 is 0.833 bits per heavy atom. The van der Waals surface area contributed by atoms with Crippen LogP contribution in [0.3, 0.4) is 0 Å². The minimum Gasteiger partial charge on any atom is -0.396 e. The smallest absolute Gasteiger partial charge is 0.0436 e. The second-order valence-electron chi connectivity index (χ2n) is 8.11. The molecule has 0 saturated carbocycles. The summed E-state index contributed by atoms with van der Waals surface area (Å²) in [5.74, 6) is 0. The molecule has 24 heavy (non-hydrogen) atoms. The molecule has 0 aliphatic rings. The van der Waals surface area contributed by atoms with Gasteiger partial charge in [0.25, 0.3) is 0 Å². The van der Waals surface area contributed by atoms with Gasteiger partial charge in [-0.1, -0.05) is 111 Å². The summed E-state index contributed by atoms with van der Waals surface area (Å²) in [6.45, 7) is 7.27. The molecular formula is C23H48O. The molecule has 0 spiro atoms. The predicted octanol–water partition coefficient (Wildman–Crippen LogP) is 8.05. The summed E-state index contributed by atoms with van der Waals surface area (Å²) in [4.78, 5) is 0. The zero-order valence-electron chi connectivity index (χ0n) is 17.4. The molecule has 0 aliphatic carbocycles. The highest BCUT2D eigenvalue weighted by Gasteiger charge is 2.27. The molecule has 0 radical (unpaired) electrons. The van der Waals surface area contributed by atoms with E-state index in [0.29, 0.717) is 12.0 Å². The van der Waals surface area contributed by atoms with Gasteiger partial charge in [0.2, 0.25) is 0 Å². The lowest BCUT2D eigenvalue weighted by Crippen LogP contribution is -2.23. The van der Waals surface area contributed by atoms with E-state index in [-0.39, 0.29) is 0 Å². The van der Waals surface area contributed by atoms with Crippen molar-refractivity contribution in [3.05, 3.63) is 0 Å². The first-order valence-electron chi connectivity index (χ1n) is 11.4. The van der Waals surface area contributed by atoms with Crippen LogP contribution in [0.4, 0.5) is 0 Å². The third kappa shape index (κ3) is 13.3. The van der Waals surface area contributed by atoms with E-state index < -0.39 is 0 Å². The minimum absolute atomic E-state index is 0.384. The quantitative estimate of drug-likeness (QED) is 0.236. The molecule has 0 aromatic rings.